The van der Waals surface area contributed by atoms with Crippen LogP contribution in [-0.4, -0.2) is 17.6 Å². The summed E-state index contributed by atoms with van der Waals surface area (Å²) in [5.41, 5.74) is 1.11. The van der Waals surface area contributed by atoms with Crippen molar-refractivity contribution in [2.75, 3.05) is 11.9 Å². The van der Waals surface area contributed by atoms with Gasteiger partial charge in [0.05, 0.1) is 6.10 Å². The molecule has 0 fully saturated rings. The highest BCUT2D eigenvalue weighted by Crippen LogP contribution is 2.24. The Balaban J connectivity index is 1.94. The molecule has 0 bridgehead atoms. The minimum atomic E-state index is -0.679. The van der Waals surface area contributed by atoms with Crippen LogP contribution in [0.3, 0.4) is 0 Å². The molecule has 0 saturated heterocycles. The summed E-state index contributed by atoms with van der Waals surface area (Å²) < 4.78 is 18.2. The van der Waals surface area contributed by atoms with Crippen LogP contribution in [-0.2, 0) is 4.79 Å². The molecule has 21 heavy (non-hydrogen) atoms. The fraction of sp³-hybridized carbons (Fsp3) is 0.188. The average molecular weight is 289 g/mol. The van der Waals surface area contributed by atoms with E-state index in [2.05, 4.69) is 5.32 Å². The number of hydrogen-bond acceptors (Lipinski definition) is 3. The molecule has 0 aliphatic carbocycles. The zero-order chi connectivity index (χ0) is 15.2. The Morgan fingerprint density at radius 2 is 1.90 bits per heavy atom. The van der Waals surface area contributed by atoms with Crippen LogP contribution in [0, 0.1) is 5.82 Å². The molecule has 110 valence electrons. The zero-order valence-electron chi connectivity index (χ0n) is 11.5. The van der Waals surface area contributed by atoms with Gasteiger partial charge >= 0.3 is 0 Å². The molecule has 0 aliphatic heterocycles. The van der Waals surface area contributed by atoms with E-state index in [4.69, 9.17) is 4.74 Å². The lowest BCUT2D eigenvalue weighted by Crippen LogP contribution is -2.20. The van der Waals surface area contributed by atoms with Crippen LogP contribution in [0.4, 0.5) is 10.1 Å². The summed E-state index contributed by atoms with van der Waals surface area (Å²) in [7, 11) is 0. The van der Waals surface area contributed by atoms with Gasteiger partial charge < -0.3 is 15.2 Å². The quantitative estimate of drug-likeness (QED) is 0.889. The molecule has 0 saturated carbocycles. The van der Waals surface area contributed by atoms with Gasteiger partial charge in [-0.25, -0.2) is 4.39 Å². The number of benzene rings is 2. The Bertz CT molecular complexity index is 611. The molecule has 0 aliphatic rings. The Morgan fingerprint density at radius 3 is 2.57 bits per heavy atom. The van der Waals surface area contributed by atoms with E-state index in [1.807, 2.05) is 0 Å². The first-order chi connectivity index (χ1) is 10.1. The third-order valence-electron chi connectivity index (χ3n) is 2.86. The van der Waals surface area contributed by atoms with Gasteiger partial charge in [0, 0.05) is 11.3 Å². The minimum absolute atomic E-state index is 0.193. The van der Waals surface area contributed by atoms with Crippen molar-refractivity contribution < 1.29 is 19.0 Å². The summed E-state index contributed by atoms with van der Waals surface area (Å²) in [6.45, 7) is 1.43. The van der Waals surface area contributed by atoms with Crippen LogP contribution < -0.4 is 10.1 Å². The number of rotatable bonds is 5. The fourth-order valence-electron chi connectivity index (χ4n) is 1.83. The first-order valence-electron chi connectivity index (χ1n) is 6.51. The monoisotopic (exact) mass is 289 g/mol. The number of nitrogens with one attached hydrogen (secondary N) is 1. The first-order valence-corrected chi connectivity index (χ1v) is 6.51. The van der Waals surface area contributed by atoms with Crippen molar-refractivity contribution in [3.63, 3.8) is 0 Å². The molecule has 5 heteroatoms. The lowest BCUT2D eigenvalue weighted by Gasteiger charge is -2.13. The highest BCUT2D eigenvalue weighted by atomic mass is 19.1. The number of aliphatic hydroxyl groups excluding tert-OH is 1. The summed E-state index contributed by atoms with van der Waals surface area (Å²) in [5, 5.41) is 12.2. The van der Waals surface area contributed by atoms with E-state index in [1.165, 1.54) is 24.3 Å². The molecule has 2 N–H and O–H groups in total. The number of carbonyl (C=O) groups excluding carboxylic acids is 1. The summed E-state index contributed by atoms with van der Waals surface area (Å²) >= 11 is 0. The molecule has 2 aromatic rings. The summed E-state index contributed by atoms with van der Waals surface area (Å²) in [6, 6.07) is 12.4. The van der Waals surface area contributed by atoms with Crippen LogP contribution >= 0.6 is 0 Å². The molecular weight excluding hydrogens is 273 g/mol. The van der Waals surface area contributed by atoms with Gasteiger partial charge in [0.1, 0.15) is 11.6 Å². The van der Waals surface area contributed by atoms with Crippen molar-refractivity contribution in [3.8, 4) is 5.75 Å². The molecule has 1 atom stereocenters. The average Bonchev–Trinajstić information content (AvgIpc) is 2.48. The lowest BCUT2D eigenvalue weighted by atomic mass is 10.1. The number of amides is 1. The normalized spacial score (nSPS) is 11.8. The van der Waals surface area contributed by atoms with E-state index < -0.39 is 6.10 Å². The number of aliphatic hydroxyl groups is 1. The zero-order valence-corrected chi connectivity index (χ0v) is 11.5. The van der Waals surface area contributed by atoms with E-state index >= 15 is 0 Å². The molecule has 2 rings (SSSR count). The Kier molecular flexibility index (Phi) is 4.90. The van der Waals surface area contributed by atoms with E-state index in [9.17, 15) is 14.3 Å². The van der Waals surface area contributed by atoms with Crippen molar-refractivity contribution in [3.05, 3.63) is 59.9 Å². The van der Waals surface area contributed by atoms with E-state index in [0.717, 1.165) is 0 Å². The van der Waals surface area contributed by atoms with Crippen LogP contribution in [0.15, 0.2) is 48.5 Å². The fourth-order valence-corrected chi connectivity index (χ4v) is 1.83. The van der Waals surface area contributed by atoms with Gasteiger partial charge in [-0.1, -0.05) is 18.2 Å². The second-order valence-corrected chi connectivity index (χ2v) is 4.56. The second kappa shape index (κ2) is 6.85. The molecule has 4 nitrogen and oxygen atoms in total. The van der Waals surface area contributed by atoms with Crippen LogP contribution in [0.5, 0.6) is 5.75 Å². The maximum Gasteiger partial charge on any atom is 0.262 e. The smallest absolute Gasteiger partial charge is 0.262 e. The minimum Gasteiger partial charge on any atom is -0.483 e. The van der Waals surface area contributed by atoms with Gasteiger partial charge in [0.15, 0.2) is 6.61 Å². The Hall–Kier alpha value is -2.40. The number of ether oxygens (including phenoxy) is 1. The summed E-state index contributed by atoms with van der Waals surface area (Å²) in [4.78, 5) is 11.8. The van der Waals surface area contributed by atoms with Crippen LogP contribution in [0.2, 0.25) is 0 Å². The van der Waals surface area contributed by atoms with Crippen LogP contribution in [0.25, 0.3) is 0 Å². The van der Waals surface area contributed by atoms with Gasteiger partial charge in [0.25, 0.3) is 5.91 Å². The lowest BCUT2D eigenvalue weighted by molar-refractivity contribution is -0.118. The van der Waals surface area contributed by atoms with Crippen molar-refractivity contribution in [1.29, 1.82) is 0 Å². The maximum atomic E-state index is 12.8. The van der Waals surface area contributed by atoms with Gasteiger partial charge in [0.2, 0.25) is 0 Å². The molecule has 0 heterocycles. The largest absolute Gasteiger partial charge is 0.483 e. The molecule has 0 aromatic heterocycles. The predicted octanol–water partition coefficient (Wildman–Crippen LogP) is 2.90. The van der Waals surface area contributed by atoms with Crippen molar-refractivity contribution in [1.82, 2.24) is 0 Å². The molecular formula is C16H16FNO3. The van der Waals surface area contributed by atoms with Crippen molar-refractivity contribution in [2.24, 2.45) is 0 Å². The number of anilines is 1. The van der Waals surface area contributed by atoms with Gasteiger partial charge in [-0.3, -0.25) is 4.79 Å². The maximum absolute atomic E-state index is 12.8. The van der Waals surface area contributed by atoms with Crippen molar-refractivity contribution in [2.45, 2.75) is 13.0 Å². The molecule has 1 amide bonds. The molecule has 0 radical (unpaired) electrons. The number of para-hydroxylation sites is 1. The third-order valence-corrected chi connectivity index (χ3v) is 2.86. The van der Waals surface area contributed by atoms with E-state index in [1.54, 1.807) is 31.2 Å². The highest BCUT2D eigenvalue weighted by Gasteiger charge is 2.10. The SMILES string of the molecule is C[C@@H](O)c1ccccc1OCC(=O)Nc1ccc(F)cc1. The summed E-state index contributed by atoms with van der Waals surface area (Å²) in [6.07, 6.45) is -0.679. The summed E-state index contributed by atoms with van der Waals surface area (Å²) in [5.74, 6) is -0.265. The topological polar surface area (TPSA) is 58.6 Å². The van der Waals surface area contributed by atoms with Crippen LogP contribution in [0.1, 0.15) is 18.6 Å². The van der Waals surface area contributed by atoms with Gasteiger partial charge in [-0.15, -0.1) is 0 Å². The van der Waals surface area contributed by atoms with Gasteiger partial charge in [-0.05, 0) is 37.3 Å². The van der Waals surface area contributed by atoms with Crippen molar-refractivity contribution >= 4 is 11.6 Å². The van der Waals surface area contributed by atoms with E-state index in [-0.39, 0.29) is 18.3 Å². The molecule has 2 aromatic carbocycles. The number of hydrogen-bond donors (Lipinski definition) is 2. The third kappa shape index (κ3) is 4.29. The Morgan fingerprint density at radius 1 is 1.24 bits per heavy atom. The molecule has 0 spiro atoms. The predicted molar refractivity (Wildman–Crippen MR) is 77.6 cm³/mol. The molecule has 0 unspecified atom stereocenters. The second-order valence-electron chi connectivity index (χ2n) is 4.56. The highest BCUT2D eigenvalue weighted by molar-refractivity contribution is 5.91. The first kappa shape index (κ1) is 15.0. The van der Waals surface area contributed by atoms with E-state index in [0.29, 0.717) is 17.0 Å². The Labute approximate surface area is 122 Å². The number of carbonyl (C=O) groups is 1. The standard InChI is InChI=1S/C16H16FNO3/c1-11(19)14-4-2-3-5-15(14)21-10-16(20)18-13-8-6-12(17)7-9-13/h2-9,11,19H,10H2,1H3,(H,18,20)/t11-/m1/s1. The number of halogens is 1. The van der Waals surface area contributed by atoms with Gasteiger partial charge in [-0.2, -0.15) is 0 Å².